The summed E-state index contributed by atoms with van der Waals surface area (Å²) in [5.41, 5.74) is -0.409. The molecule has 0 radical (unpaired) electrons. The molecule has 4 nitrogen and oxygen atoms in total. The Hall–Kier alpha value is -0.770. The lowest BCUT2D eigenvalue weighted by Crippen LogP contribution is -2.38. The van der Waals surface area contributed by atoms with Gasteiger partial charge in [-0.2, -0.15) is 0 Å². The van der Waals surface area contributed by atoms with Crippen LogP contribution < -0.4 is 10.6 Å². The SMILES string of the molecule is CNC1CCC(CNC(=O)OC(C)(C)C)CC1. The highest BCUT2D eigenvalue weighted by atomic mass is 16.6. The molecule has 1 rings (SSSR count). The Kier molecular flexibility index (Phi) is 5.25. The zero-order valence-corrected chi connectivity index (χ0v) is 11.5. The minimum atomic E-state index is -0.409. The number of alkyl carbamates (subject to hydrolysis) is 1. The maximum atomic E-state index is 11.5. The second kappa shape index (κ2) is 6.24. The Morgan fingerprint density at radius 2 is 1.82 bits per heavy atom. The molecule has 0 aromatic rings. The Labute approximate surface area is 104 Å². The van der Waals surface area contributed by atoms with Crippen molar-refractivity contribution < 1.29 is 9.53 Å². The van der Waals surface area contributed by atoms with E-state index >= 15 is 0 Å². The van der Waals surface area contributed by atoms with Crippen molar-refractivity contribution in [2.45, 2.75) is 58.1 Å². The topological polar surface area (TPSA) is 50.4 Å². The molecule has 4 heteroatoms. The molecule has 0 bridgehead atoms. The van der Waals surface area contributed by atoms with E-state index in [0.717, 1.165) is 6.54 Å². The Bertz CT molecular complexity index is 240. The number of hydrogen-bond donors (Lipinski definition) is 2. The van der Waals surface area contributed by atoms with Gasteiger partial charge in [0.2, 0.25) is 0 Å². The molecule has 0 heterocycles. The lowest BCUT2D eigenvalue weighted by molar-refractivity contribution is 0.0514. The van der Waals surface area contributed by atoms with Gasteiger partial charge in [-0.15, -0.1) is 0 Å². The molecule has 1 aliphatic carbocycles. The fourth-order valence-corrected chi connectivity index (χ4v) is 2.20. The summed E-state index contributed by atoms with van der Waals surface area (Å²) in [6.45, 7) is 6.38. The van der Waals surface area contributed by atoms with Crippen LogP contribution in [0.3, 0.4) is 0 Å². The van der Waals surface area contributed by atoms with E-state index in [2.05, 4.69) is 10.6 Å². The number of rotatable bonds is 3. The average Bonchev–Trinajstić information content (AvgIpc) is 2.25. The highest BCUT2D eigenvalue weighted by Crippen LogP contribution is 2.23. The van der Waals surface area contributed by atoms with Crippen LogP contribution in [0.1, 0.15) is 46.5 Å². The van der Waals surface area contributed by atoms with Crippen molar-refractivity contribution >= 4 is 6.09 Å². The van der Waals surface area contributed by atoms with Gasteiger partial charge in [0.15, 0.2) is 0 Å². The first-order valence-corrected chi connectivity index (χ1v) is 6.55. The second-order valence-corrected chi connectivity index (χ2v) is 5.89. The lowest BCUT2D eigenvalue weighted by atomic mass is 9.86. The fourth-order valence-electron chi connectivity index (χ4n) is 2.20. The largest absolute Gasteiger partial charge is 0.444 e. The predicted octanol–water partition coefficient (Wildman–Crippen LogP) is 2.29. The van der Waals surface area contributed by atoms with E-state index < -0.39 is 5.60 Å². The van der Waals surface area contributed by atoms with Crippen molar-refractivity contribution in [2.75, 3.05) is 13.6 Å². The highest BCUT2D eigenvalue weighted by molar-refractivity contribution is 5.67. The van der Waals surface area contributed by atoms with Gasteiger partial charge in [-0.25, -0.2) is 4.79 Å². The molecular weight excluding hydrogens is 216 g/mol. The molecule has 17 heavy (non-hydrogen) atoms. The third-order valence-corrected chi connectivity index (χ3v) is 3.19. The van der Waals surface area contributed by atoms with Gasteiger partial charge >= 0.3 is 6.09 Å². The Balaban J connectivity index is 2.17. The second-order valence-electron chi connectivity index (χ2n) is 5.89. The van der Waals surface area contributed by atoms with Crippen molar-refractivity contribution in [1.29, 1.82) is 0 Å². The van der Waals surface area contributed by atoms with Crippen LogP contribution >= 0.6 is 0 Å². The van der Waals surface area contributed by atoms with Crippen LogP contribution in [-0.4, -0.2) is 31.3 Å². The van der Waals surface area contributed by atoms with Gasteiger partial charge in [0.1, 0.15) is 5.60 Å². The molecule has 0 aromatic heterocycles. The van der Waals surface area contributed by atoms with Crippen molar-refractivity contribution in [2.24, 2.45) is 5.92 Å². The van der Waals surface area contributed by atoms with E-state index in [1.165, 1.54) is 25.7 Å². The van der Waals surface area contributed by atoms with Gasteiger partial charge in [0.05, 0.1) is 0 Å². The molecule has 0 saturated heterocycles. The molecular formula is C13H26N2O2. The van der Waals surface area contributed by atoms with Crippen molar-refractivity contribution in [3.63, 3.8) is 0 Å². The predicted molar refractivity (Wildman–Crippen MR) is 69.0 cm³/mol. The summed E-state index contributed by atoms with van der Waals surface area (Å²) in [6, 6.07) is 0.660. The first-order valence-electron chi connectivity index (χ1n) is 6.55. The van der Waals surface area contributed by atoms with E-state index in [0.29, 0.717) is 12.0 Å². The minimum Gasteiger partial charge on any atom is -0.444 e. The number of hydrogen-bond acceptors (Lipinski definition) is 3. The summed E-state index contributed by atoms with van der Waals surface area (Å²) >= 11 is 0. The van der Waals surface area contributed by atoms with Crippen molar-refractivity contribution in [3.8, 4) is 0 Å². The summed E-state index contributed by atoms with van der Waals surface area (Å²) in [5.74, 6) is 0.604. The number of carbonyl (C=O) groups is 1. The zero-order valence-electron chi connectivity index (χ0n) is 11.5. The van der Waals surface area contributed by atoms with E-state index in [1.54, 1.807) is 0 Å². The molecule has 100 valence electrons. The first kappa shape index (κ1) is 14.3. The summed E-state index contributed by atoms with van der Waals surface area (Å²) in [7, 11) is 2.02. The third-order valence-electron chi connectivity index (χ3n) is 3.19. The minimum absolute atomic E-state index is 0.298. The summed E-state index contributed by atoms with van der Waals surface area (Å²) in [6.07, 6.45) is 4.48. The van der Waals surface area contributed by atoms with Crippen LogP contribution in [0, 0.1) is 5.92 Å². The molecule has 0 spiro atoms. The van der Waals surface area contributed by atoms with Crippen molar-refractivity contribution in [1.82, 2.24) is 10.6 Å². The van der Waals surface area contributed by atoms with E-state index in [1.807, 2.05) is 27.8 Å². The van der Waals surface area contributed by atoms with Crippen LogP contribution in [0.4, 0.5) is 4.79 Å². The van der Waals surface area contributed by atoms with E-state index in [4.69, 9.17) is 4.74 Å². The normalized spacial score (nSPS) is 25.4. The molecule has 1 saturated carbocycles. The maximum Gasteiger partial charge on any atom is 0.407 e. The van der Waals surface area contributed by atoms with Gasteiger partial charge in [0, 0.05) is 12.6 Å². The quantitative estimate of drug-likeness (QED) is 0.798. The Morgan fingerprint density at radius 1 is 1.24 bits per heavy atom. The molecule has 1 fully saturated rings. The molecule has 0 aliphatic heterocycles. The number of carbonyl (C=O) groups excluding carboxylic acids is 1. The van der Waals surface area contributed by atoms with Crippen LogP contribution in [0.5, 0.6) is 0 Å². The summed E-state index contributed by atoms with van der Waals surface area (Å²) in [5, 5.41) is 6.17. The van der Waals surface area contributed by atoms with Gasteiger partial charge < -0.3 is 15.4 Å². The highest BCUT2D eigenvalue weighted by Gasteiger charge is 2.21. The molecule has 0 unspecified atom stereocenters. The molecule has 0 atom stereocenters. The van der Waals surface area contributed by atoms with E-state index in [9.17, 15) is 4.79 Å². The number of nitrogens with one attached hydrogen (secondary N) is 2. The van der Waals surface area contributed by atoms with Gasteiger partial charge in [-0.3, -0.25) is 0 Å². The zero-order chi connectivity index (χ0) is 12.9. The fraction of sp³-hybridized carbons (Fsp3) is 0.923. The van der Waals surface area contributed by atoms with Gasteiger partial charge in [0.25, 0.3) is 0 Å². The molecule has 2 N–H and O–H groups in total. The Morgan fingerprint density at radius 3 is 2.29 bits per heavy atom. The molecule has 0 aromatic carbocycles. The van der Waals surface area contributed by atoms with Crippen LogP contribution in [0.15, 0.2) is 0 Å². The number of ether oxygens (including phenoxy) is 1. The lowest BCUT2D eigenvalue weighted by Gasteiger charge is -2.28. The maximum absolute atomic E-state index is 11.5. The van der Waals surface area contributed by atoms with Crippen molar-refractivity contribution in [3.05, 3.63) is 0 Å². The standard InChI is InChI=1S/C13H26N2O2/c1-13(2,3)17-12(16)15-9-10-5-7-11(14-4)8-6-10/h10-11,14H,5-9H2,1-4H3,(H,15,16). The summed E-state index contributed by atoms with van der Waals surface area (Å²) < 4.78 is 5.21. The number of amides is 1. The van der Waals surface area contributed by atoms with E-state index in [-0.39, 0.29) is 6.09 Å². The summed E-state index contributed by atoms with van der Waals surface area (Å²) in [4.78, 5) is 11.5. The molecule has 1 amide bonds. The first-order chi connectivity index (χ1) is 7.90. The molecule has 1 aliphatic rings. The monoisotopic (exact) mass is 242 g/mol. The van der Waals surface area contributed by atoms with Gasteiger partial charge in [-0.1, -0.05) is 0 Å². The van der Waals surface area contributed by atoms with Gasteiger partial charge in [-0.05, 0) is 59.4 Å². The van der Waals surface area contributed by atoms with Crippen LogP contribution in [0.2, 0.25) is 0 Å². The smallest absolute Gasteiger partial charge is 0.407 e. The van der Waals surface area contributed by atoms with Crippen LogP contribution in [0.25, 0.3) is 0 Å². The van der Waals surface area contributed by atoms with Crippen LogP contribution in [-0.2, 0) is 4.74 Å². The third kappa shape index (κ3) is 5.91. The average molecular weight is 242 g/mol.